The lowest BCUT2D eigenvalue weighted by Crippen LogP contribution is -2.36. The van der Waals surface area contributed by atoms with Gasteiger partial charge in [-0.15, -0.1) is 0 Å². The third kappa shape index (κ3) is 5.62. The minimum Gasteiger partial charge on any atom is -0.396 e. The van der Waals surface area contributed by atoms with Crippen LogP contribution in [0.5, 0.6) is 0 Å². The van der Waals surface area contributed by atoms with Crippen molar-refractivity contribution in [2.45, 2.75) is 25.8 Å². The Balaban J connectivity index is 2.35. The van der Waals surface area contributed by atoms with Crippen molar-refractivity contribution in [3.8, 4) is 0 Å². The molecule has 0 aliphatic carbocycles. The minimum atomic E-state index is -0.0753. The molecule has 0 aliphatic rings. The zero-order chi connectivity index (χ0) is 13.4. The van der Waals surface area contributed by atoms with Crippen LogP contribution < -0.4 is 10.6 Å². The van der Waals surface area contributed by atoms with E-state index in [1.807, 2.05) is 31.2 Å². The van der Waals surface area contributed by atoms with Crippen LogP contribution in [-0.2, 0) is 4.79 Å². The Morgan fingerprint density at radius 2 is 2.06 bits per heavy atom. The van der Waals surface area contributed by atoms with Crippen molar-refractivity contribution in [2.24, 2.45) is 0 Å². The van der Waals surface area contributed by atoms with E-state index < -0.39 is 0 Å². The molecule has 1 aromatic rings. The Bertz CT molecular complexity index is 368. The molecule has 0 aliphatic heterocycles. The van der Waals surface area contributed by atoms with E-state index in [0.717, 1.165) is 16.6 Å². The maximum absolute atomic E-state index is 11.7. The lowest BCUT2D eigenvalue weighted by molar-refractivity contribution is -0.115. The maximum Gasteiger partial charge on any atom is 0.238 e. The second-order valence-electron chi connectivity index (χ2n) is 4.05. The fourth-order valence-electron chi connectivity index (χ4n) is 1.58. The number of rotatable bonds is 7. The molecule has 0 heterocycles. The molecular weight excluding hydrogens is 296 g/mol. The summed E-state index contributed by atoms with van der Waals surface area (Å²) in [7, 11) is 0. The Labute approximate surface area is 116 Å². The highest BCUT2D eigenvalue weighted by Gasteiger charge is 2.07. The summed E-state index contributed by atoms with van der Waals surface area (Å²) in [5.41, 5.74) is 0.778. The summed E-state index contributed by atoms with van der Waals surface area (Å²) in [6, 6.07) is 7.62. The number of hydrogen-bond donors (Lipinski definition) is 3. The van der Waals surface area contributed by atoms with Crippen molar-refractivity contribution in [2.75, 3.05) is 18.5 Å². The van der Waals surface area contributed by atoms with Crippen molar-refractivity contribution in [3.05, 3.63) is 28.7 Å². The number of amides is 1. The third-order valence-corrected chi connectivity index (χ3v) is 3.18. The van der Waals surface area contributed by atoms with Gasteiger partial charge in [0, 0.05) is 22.8 Å². The summed E-state index contributed by atoms with van der Waals surface area (Å²) in [6.45, 7) is 2.42. The zero-order valence-electron chi connectivity index (χ0n) is 10.4. The lowest BCUT2D eigenvalue weighted by atomic mass is 10.1. The van der Waals surface area contributed by atoms with Crippen molar-refractivity contribution in [1.29, 1.82) is 0 Å². The van der Waals surface area contributed by atoms with Gasteiger partial charge in [-0.1, -0.05) is 22.9 Å². The van der Waals surface area contributed by atoms with Gasteiger partial charge in [0.25, 0.3) is 0 Å². The standard InChI is InChI=1S/C13H19BrN2O2/c1-2-11(7-8-17)15-9-13(18)16-12-5-3-10(14)4-6-12/h3-6,11,15,17H,2,7-9H2,1H3,(H,16,18). The second-order valence-corrected chi connectivity index (χ2v) is 4.97. The Hall–Kier alpha value is -0.910. The number of halogens is 1. The topological polar surface area (TPSA) is 61.4 Å². The Kier molecular flexibility index (Phi) is 6.93. The summed E-state index contributed by atoms with van der Waals surface area (Å²) < 4.78 is 0.979. The van der Waals surface area contributed by atoms with E-state index in [2.05, 4.69) is 26.6 Å². The maximum atomic E-state index is 11.7. The minimum absolute atomic E-state index is 0.0753. The Morgan fingerprint density at radius 1 is 1.39 bits per heavy atom. The van der Waals surface area contributed by atoms with E-state index in [4.69, 9.17) is 5.11 Å². The quantitative estimate of drug-likeness (QED) is 0.722. The molecule has 1 amide bonds. The van der Waals surface area contributed by atoms with Gasteiger partial charge < -0.3 is 15.7 Å². The molecule has 0 fully saturated rings. The molecule has 1 atom stereocenters. The van der Waals surface area contributed by atoms with Crippen LogP contribution in [0.25, 0.3) is 0 Å². The van der Waals surface area contributed by atoms with Crippen LogP contribution in [0.2, 0.25) is 0 Å². The summed E-state index contributed by atoms with van der Waals surface area (Å²) in [4.78, 5) is 11.7. The highest BCUT2D eigenvalue weighted by Crippen LogP contribution is 2.13. The van der Waals surface area contributed by atoms with E-state index in [-0.39, 0.29) is 25.1 Å². The number of benzene rings is 1. The fraction of sp³-hybridized carbons (Fsp3) is 0.462. The molecule has 100 valence electrons. The lowest BCUT2D eigenvalue weighted by Gasteiger charge is -2.15. The highest BCUT2D eigenvalue weighted by molar-refractivity contribution is 9.10. The predicted molar refractivity (Wildman–Crippen MR) is 76.6 cm³/mol. The van der Waals surface area contributed by atoms with E-state index >= 15 is 0 Å². The van der Waals surface area contributed by atoms with Gasteiger partial charge in [-0.05, 0) is 37.1 Å². The zero-order valence-corrected chi connectivity index (χ0v) is 12.0. The Morgan fingerprint density at radius 3 is 2.61 bits per heavy atom. The number of aliphatic hydroxyl groups is 1. The monoisotopic (exact) mass is 314 g/mol. The van der Waals surface area contributed by atoms with E-state index in [1.54, 1.807) is 0 Å². The highest BCUT2D eigenvalue weighted by atomic mass is 79.9. The van der Waals surface area contributed by atoms with Gasteiger partial charge >= 0.3 is 0 Å². The van der Waals surface area contributed by atoms with E-state index in [1.165, 1.54) is 0 Å². The average Bonchev–Trinajstić information content (AvgIpc) is 2.37. The smallest absolute Gasteiger partial charge is 0.238 e. The van der Waals surface area contributed by atoms with Gasteiger partial charge in [0.1, 0.15) is 0 Å². The van der Waals surface area contributed by atoms with Crippen LogP contribution in [0.4, 0.5) is 5.69 Å². The molecule has 5 heteroatoms. The third-order valence-electron chi connectivity index (χ3n) is 2.65. The molecule has 0 aromatic heterocycles. The summed E-state index contributed by atoms with van der Waals surface area (Å²) in [5, 5.41) is 14.8. The molecule has 1 rings (SSSR count). The summed E-state index contributed by atoms with van der Waals surface area (Å²) >= 11 is 3.34. The van der Waals surface area contributed by atoms with Crippen molar-refractivity contribution in [1.82, 2.24) is 5.32 Å². The molecule has 0 radical (unpaired) electrons. The van der Waals surface area contributed by atoms with Gasteiger partial charge in [0.15, 0.2) is 0 Å². The van der Waals surface area contributed by atoms with Crippen LogP contribution >= 0.6 is 15.9 Å². The fourth-order valence-corrected chi connectivity index (χ4v) is 1.85. The van der Waals surface area contributed by atoms with Crippen LogP contribution in [-0.4, -0.2) is 30.2 Å². The molecule has 0 saturated carbocycles. The van der Waals surface area contributed by atoms with Crippen LogP contribution in [0, 0.1) is 0 Å². The number of hydrogen-bond acceptors (Lipinski definition) is 3. The first kappa shape index (κ1) is 15.1. The van der Waals surface area contributed by atoms with E-state index in [9.17, 15) is 4.79 Å². The first-order valence-electron chi connectivity index (χ1n) is 6.05. The van der Waals surface area contributed by atoms with Crippen molar-refractivity contribution < 1.29 is 9.90 Å². The second kappa shape index (κ2) is 8.24. The molecular formula is C13H19BrN2O2. The first-order chi connectivity index (χ1) is 8.65. The molecule has 1 aromatic carbocycles. The van der Waals surface area contributed by atoms with Gasteiger partial charge in [-0.3, -0.25) is 4.79 Å². The number of anilines is 1. The normalized spacial score (nSPS) is 12.2. The van der Waals surface area contributed by atoms with Crippen molar-refractivity contribution >= 4 is 27.5 Å². The van der Waals surface area contributed by atoms with E-state index in [0.29, 0.717) is 6.42 Å². The number of aliphatic hydroxyl groups excluding tert-OH is 1. The average molecular weight is 315 g/mol. The van der Waals surface area contributed by atoms with Gasteiger partial charge in [-0.2, -0.15) is 0 Å². The first-order valence-corrected chi connectivity index (χ1v) is 6.84. The predicted octanol–water partition coefficient (Wildman–Crippen LogP) is 2.14. The van der Waals surface area contributed by atoms with Crippen molar-refractivity contribution in [3.63, 3.8) is 0 Å². The molecule has 4 nitrogen and oxygen atoms in total. The summed E-state index contributed by atoms with van der Waals surface area (Å²) in [5.74, 6) is -0.0753. The number of carbonyl (C=O) groups is 1. The van der Waals surface area contributed by atoms with Gasteiger partial charge in [-0.25, -0.2) is 0 Å². The molecule has 0 spiro atoms. The van der Waals surface area contributed by atoms with Crippen LogP contribution in [0.3, 0.4) is 0 Å². The molecule has 0 bridgehead atoms. The SMILES string of the molecule is CCC(CCO)NCC(=O)Nc1ccc(Br)cc1. The number of carbonyl (C=O) groups excluding carboxylic acids is 1. The summed E-state index contributed by atoms with van der Waals surface area (Å²) in [6.07, 6.45) is 1.56. The van der Waals surface area contributed by atoms with Crippen LogP contribution in [0.1, 0.15) is 19.8 Å². The van der Waals surface area contributed by atoms with Gasteiger partial charge in [0.2, 0.25) is 5.91 Å². The number of nitrogens with one attached hydrogen (secondary N) is 2. The molecule has 3 N–H and O–H groups in total. The van der Waals surface area contributed by atoms with Gasteiger partial charge in [0.05, 0.1) is 6.54 Å². The van der Waals surface area contributed by atoms with Crippen LogP contribution in [0.15, 0.2) is 28.7 Å². The molecule has 0 saturated heterocycles. The molecule has 1 unspecified atom stereocenters. The molecule has 18 heavy (non-hydrogen) atoms. The largest absolute Gasteiger partial charge is 0.396 e.